The molecule has 10 N–H and O–H groups in total. The first kappa shape index (κ1) is 53.0. The predicted molar refractivity (Wildman–Crippen MR) is 307 cm³/mol. The lowest BCUT2D eigenvalue weighted by Crippen LogP contribution is -2.32. The molecule has 0 saturated carbocycles. The van der Waals surface area contributed by atoms with Crippen molar-refractivity contribution in [3.05, 3.63) is 108 Å². The molecule has 10 rings (SSSR count). The highest BCUT2D eigenvalue weighted by atomic mass is 35.5. The van der Waals surface area contributed by atoms with Crippen LogP contribution in [-0.4, -0.2) is 157 Å². The third-order valence-corrected chi connectivity index (χ3v) is 12.0. The van der Waals surface area contributed by atoms with Gasteiger partial charge in [0.1, 0.15) is 18.4 Å². The van der Waals surface area contributed by atoms with Gasteiger partial charge in [-0.3, -0.25) is 24.3 Å². The number of para-hydroxylation sites is 3. The number of hydrogen-bond acceptors (Lipinski definition) is 19. The molecule has 4 aromatic heterocycles. The highest BCUT2D eigenvalue weighted by molar-refractivity contribution is 6.29. The van der Waals surface area contributed by atoms with Crippen molar-refractivity contribution in [3.63, 3.8) is 0 Å². The maximum Gasteiger partial charge on any atom is 0.409 e. The van der Waals surface area contributed by atoms with E-state index in [0.717, 1.165) is 38.8 Å². The monoisotopic (exact) mass is 1150 g/mol. The first-order chi connectivity index (χ1) is 41.9. The van der Waals surface area contributed by atoms with E-state index >= 15 is 0 Å². The minimum Gasteiger partial charge on any atom is -0.494 e. The van der Waals surface area contributed by atoms with Crippen molar-refractivity contribution in [2.45, 2.75) is 38.5 Å². The fourth-order valence-electron chi connectivity index (χ4n) is 8.02. The largest absolute Gasteiger partial charge is 0.494 e. The molecular weight excluding hydrogens is 1080 g/mol. The van der Waals surface area contributed by atoms with E-state index in [1.165, 1.54) is 52.3 Å². The van der Waals surface area contributed by atoms with Gasteiger partial charge in [0.15, 0.2) is 45.5 Å². The average molecular weight is 1150 g/mol. The second kappa shape index (κ2) is 31.2. The van der Waals surface area contributed by atoms with Crippen molar-refractivity contribution in [2.75, 3.05) is 83.4 Å². The van der Waals surface area contributed by atoms with E-state index in [9.17, 15) is 24.0 Å². The number of benzene rings is 3. The average Bonchev–Trinajstić information content (AvgIpc) is 4.23. The van der Waals surface area contributed by atoms with Crippen LogP contribution in [0.25, 0.3) is 22.8 Å². The number of hydrogen-bond donors (Lipinski definition) is 8. The van der Waals surface area contributed by atoms with E-state index in [4.69, 9.17) is 40.8 Å². The number of amides is 7. The molecule has 28 nitrogen and oxygen atoms in total. The van der Waals surface area contributed by atoms with Gasteiger partial charge in [-0.1, -0.05) is 41.9 Å². The Morgan fingerprint density at radius 3 is 1.55 bits per heavy atom. The molecule has 0 bridgehead atoms. The molecule has 0 spiro atoms. The van der Waals surface area contributed by atoms with Crippen molar-refractivity contribution in [1.82, 2.24) is 75.7 Å². The van der Waals surface area contributed by atoms with Gasteiger partial charge in [-0.15, -0.1) is 20.4 Å². The molecular formula is C53H67ClN20O8. The molecule has 7 amide bonds. The number of primary amides is 2. The Kier molecular flexibility index (Phi) is 20.1. The van der Waals surface area contributed by atoms with Gasteiger partial charge in [-0.2, -0.15) is 10.2 Å². The van der Waals surface area contributed by atoms with Crippen LogP contribution in [0.15, 0.2) is 91.5 Å². The Labute approximate surface area is 486 Å². The third-order valence-electron chi connectivity index (χ3n) is 11.8. The number of urea groups is 2. The standard InChI is InChI=1S/C21H25N9O3.C16H16ClN7O2.C7H7NO2.C5H10N2O.C4H9N/c1-22-20(31)17-15(11-16(26-27-17)25-21(32)30-9-4-5-10-30)24-14-8-6-7-13(18(14)33-3)19-23-12-29(2)28-19;1-18-16(25)13-11(7-12(17)21-22-13)20-10-6-4-5-9(14(10)26-3)15-19-8-24(2)23-15;8-7(9)10-6-4-2-1-3-5-6;6-5(8)7-3-1-2-4-7;1-2-4-5-3-1/h6-8,11-12H,4-5,9-10H2,1-3H3,(H,22,31)(H2,24,25,26,32);4-8H,1-3H3,(H,18,25)(H,20,21);1-5H,(H2,8,9);1-4H2,(H2,6,8);5H,1-4H2/i2*1D3;;;. The summed E-state index contributed by atoms with van der Waals surface area (Å²) in [6.45, 7) is 0.0630. The summed E-state index contributed by atoms with van der Waals surface area (Å²) in [6, 6.07) is 21.2. The number of methoxy groups -OCH3 is 2. The second-order valence-corrected chi connectivity index (χ2v) is 18.1. The van der Waals surface area contributed by atoms with Crippen LogP contribution in [0.3, 0.4) is 0 Å². The zero-order chi connectivity index (χ0) is 64.0. The van der Waals surface area contributed by atoms with E-state index < -0.39 is 31.9 Å². The van der Waals surface area contributed by atoms with E-state index in [1.54, 1.807) is 107 Å². The molecule has 3 aliphatic heterocycles. The summed E-state index contributed by atoms with van der Waals surface area (Å²) < 4.78 is 62.5. The molecule has 3 fully saturated rings. The van der Waals surface area contributed by atoms with Gasteiger partial charge in [0, 0.05) is 74.6 Å². The second-order valence-electron chi connectivity index (χ2n) is 17.7. The number of anilines is 5. The third kappa shape index (κ3) is 17.9. The smallest absolute Gasteiger partial charge is 0.409 e. The number of likely N-dealkylation sites (tertiary alicyclic amines) is 2. The van der Waals surface area contributed by atoms with Gasteiger partial charge in [0.05, 0.1) is 48.1 Å². The minimum atomic E-state index is -2.74. The van der Waals surface area contributed by atoms with E-state index in [1.807, 2.05) is 16.7 Å². The van der Waals surface area contributed by atoms with Crippen LogP contribution >= 0.6 is 11.6 Å². The van der Waals surface area contributed by atoms with Crippen LogP contribution in [0.4, 0.5) is 43.0 Å². The van der Waals surface area contributed by atoms with E-state index in [-0.39, 0.29) is 45.8 Å². The van der Waals surface area contributed by atoms with Gasteiger partial charge in [-0.25, -0.2) is 24.4 Å². The number of carbonyl (C=O) groups is 5. The van der Waals surface area contributed by atoms with Crippen molar-refractivity contribution < 1.29 is 46.4 Å². The number of halogens is 1. The van der Waals surface area contributed by atoms with Crippen molar-refractivity contribution in [3.8, 4) is 40.0 Å². The molecule has 3 aliphatic rings. The maximum absolute atomic E-state index is 12.7. The number of nitrogens with zero attached hydrogens (tertiary/aromatic N) is 12. The summed E-state index contributed by atoms with van der Waals surface area (Å²) in [5, 5.41) is 39.5. The zero-order valence-electron chi connectivity index (χ0n) is 51.3. The lowest BCUT2D eigenvalue weighted by atomic mass is 10.1. The molecule has 0 radical (unpaired) electrons. The van der Waals surface area contributed by atoms with Crippen LogP contribution in [0.5, 0.6) is 17.2 Å². The Hall–Kier alpha value is -9.70. The van der Waals surface area contributed by atoms with Crippen molar-refractivity contribution >= 4 is 70.1 Å². The summed E-state index contributed by atoms with van der Waals surface area (Å²) in [5.74, 6) is 0.307. The quantitative estimate of drug-likeness (QED) is 0.0724. The number of nitrogens with two attached hydrogens (primary N) is 2. The molecule has 0 aliphatic carbocycles. The zero-order valence-corrected chi connectivity index (χ0v) is 46.1. The molecule has 0 unspecified atom stereocenters. The van der Waals surface area contributed by atoms with Crippen LogP contribution in [-0.2, 0) is 14.1 Å². The summed E-state index contributed by atoms with van der Waals surface area (Å²) in [7, 11) is 6.43. The molecule has 3 saturated heterocycles. The Morgan fingerprint density at radius 2 is 1.12 bits per heavy atom. The fraction of sp³-hybridized carbons (Fsp3) is 0.340. The topological polar surface area (TPSA) is 357 Å². The summed E-state index contributed by atoms with van der Waals surface area (Å²) in [5.41, 5.74) is 11.6. The first-order valence-electron chi connectivity index (χ1n) is 28.4. The van der Waals surface area contributed by atoms with Gasteiger partial charge in [0.2, 0.25) is 0 Å². The Bertz CT molecular complexity index is 3460. The molecule has 0 atom stereocenters. The SMILES string of the molecule is C1CCNC1.NC(=O)N1CCCC1.NC(=O)Oc1ccccc1.[2H]C([2H])([2H])NC(=O)c1nnc(Cl)cc1Nc1cccc(-c2ncn(C)n2)c1OC.[2H]C([2H])([2H])NC(=O)c1nnc(NC(=O)N2CCCC2)cc1Nc1cccc(-c2ncn(C)n2)c1OC. The van der Waals surface area contributed by atoms with Crippen LogP contribution in [0.2, 0.25) is 5.15 Å². The minimum absolute atomic E-state index is 0.0134. The summed E-state index contributed by atoms with van der Waals surface area (Å²) in [4.78, 5) is 69.9. The van der Waals surface area contributed by atoms with Crippen LogP contribution in [0, 0.1) is 0 Å². The lowest BCUT2D eigenvalue weighted by molar-refractivity contribution is 0.0950. The van der Waals surface area contributed by atoms with E-state index in [0.29, 0.717) is 64.5 Å². The molecule has 7 heterocycles. The van der Waals surface area contributed by atoms with Crippen molar-refractivity contribution in [1.29, 1.82) is 0 Å². The van der Waals surface area contributed by atoms with Crippen LogP contribution in [0.1, 0.15) is 67.7 Å². The summed E-state index contributed by atoms with van der Waals surface area (Å²) >= 11 is 5.91. The number of ether oxygens (including phenoxy) is 3. The Morgan fingerprint density at radius 1 is 0.622 bits per heavy atom. The van der Waals surface area contributed by atoms with Gasteiger partial charge >= 0.3 is 18.2 Å². The molecule has 3 aromatic carbocycles. The van der Waals surface area contributed by atoms with Crippen LogP contribution < -0.4 is 57.6 Å². The lowest BCUT2D eigenvalue weighted by Gasteiger charge is -2.18. The first-order valence-corrected chi connectivity index (χ1v) is 25.8. The number of nitrogens with one attached hydrogen (secondary N) is 6. The number of aromatic nitrogens is 10. The van der Waals surface area contributed by atoms with Gasteiger partial charge in [-0.05, 0) is 88.0 Å². The number of aryl methyl sites for hydroxylation is 2. The van der Waals surface area contributed by atoms with E-state index in [2.05, 4.69) is 66.6 Å². The molecule has 434 valence electrons. The van der Waals surface area contributed by atoms with Crippen molar-refractivity contribution in [2.24, 2.45) is 25.6 Å². The predicted octanol–water partition coefficient (Wildman–Crippen LogP) is 5.72. The molecule has 82 heavy (non-hydrogen) atoms. The fourth-order valence-corrected chi connectivity index (χ4v) is 8.17. The highest BCUT2D eigenvalue weighted by Gasteiger charge is 2.23. The molecule has 29 heteroatoms. The molecule has 7 aromatic rings. The number of rotatable bonds is 12. The highest BCUT2D eigenvalue weighted by Crippen LogP contribution is 2.38. The Balaban J connectivity index is 0.000000208. The van der Waals surface area contributed by atoms with Gasteiger partial charge in [0.25, 0.3) is 11.8 Å². The van der Waals surface area contributed by atoms with Gasteiger partial charge < -0.3 is 62.1 Å². The normalized spacial score (nSPS) is 14.4. The maximum atomic E-state index is 12.7. The summed E-state index contributed by atoms with van der Waals surface area (Å²) in [6.07, 6.45) is 9.16. The number of carbonyl (C=O) groups excluding carboxylic acids is 5.